The van der Waals surface area contributed by atoms with E-state index in [1.54, 1.807) is 7.11 Å². The van der Waals surface area contributed by atoms with Gasteiger partial charge < -0.3 is 4.74 Å². The van der Waals surface area contributed by atoms with Crippen LogP contribution in [0.25, 0.3) is 0 Å². The number of rotatable bonds is 4. The molecule has 0 spiro atoms. The first-order valence-electron chi connectivity index (χ1n) is 4.98. The van der Waals surface area contributed by atoms with Gasteiger partial charge in [0, 0.05) is 13.0 Å². The molecule has 1 unspecified atom stereocenters. The summed E-state index contributed by atoms with van der Waals surface area (Å²) in [6.07, 6.45) is 6.81. The van der Waals surface area contributed by atoms with Gasteiger partial charge in [0.05, 0.1) is 0 Å². The molecule has 0 aromatic rings. The first-order valence-corrected chi connectivity index (χ1v) is 4.98. The van der Waals surface area contributed by atoms with Crippen LogP contribution in [0.5, 0.6) is 0 Å². The molecule has 1 aliphatic carbocycles. The smallest absolute Gasteiger partial charge is 0.171 e. The fraction of sp³-hybridized carbons (Fsp3) is 0.583. The predicted octanol–water partition coefficient (Wildman–Crippen LogP) is 2.50. The van der Waals surface area contributed by atoms with E-state index in [4.69, 9.17) is 4.74 Å². The Morgan fingerprint density at radius 2 is 2.21 bits per heavy atom. The Morgan fingerprint density at radius 1 is 1.57 bits per heavy atom. The second kappa shape index (κ2) is 4.09. The Kier molecular flexibility index (Phi) is 3.27. The molecule has 0 radical (unpaired) electrons. The normalized spacial score (nSPS) is 19.6. The molecule has 1 rings (SSSR count). The molecule has 0 saturated carbocycles. The fourth-order valence-corrected chi connectivity index (χ4v) is 1.74. The van der Waals surface area contributed by atoms with Crippen LogP contribution >= 0.6 is 0 Å². The zero-order valence-corrected chi connectivity index (χ0v) is 9.33. The number of hydrogen-bond acceptors (Lipinski definition) is 2. The molecule has 0 saturated heterocycles. The lowest BCUT2D eigenvalue weighted by Gasteiger charge is -2.29. The van der Waals surface area contributed by atoms with Crippen molar-refractivity contribution in [1.29, 1.82) is 0 Å². The molecule has 1 atom stereocenters. The molecule has 78 valence electrons. The Labute approximate surface area is 85.6 Å². The minimum atomic E-state index is -0.738. The van der Waals surface area contributed by atoms with E-state index in [1.807, 2.05) is 39.0 Å². The topological polar surface area (TPSA) is 26.3 Å². The third-order valence-corrected chi connectivity index (χ3v) is 2.79. The Balaban J connectivity index is 2.91. The van der Waals surface area contributed by atoms with Gasteiger partial charge in [-0.3, -0.25) is 4.79 Å². The standard InChI is InChI=1S/C12H18O2/c1-9(2)11(13)12(3,14-4)10-7-5-6-8-10/h5-7,9H,8H2,1-4H3. The maximum atomic E-state index is 12.0. The molecule has 0 amide bonds. The van der Waals surface area contributed by atoms with Crippen LogP contribution in [-0.2, 0) is 9.53 Å². The second-order valence-corrected chi connectivity index (χ2v) is 4.08. The molecule has 0 N–H and O–H groups in total. The van der Waals surface area contributed by atoms with Crippen molar-refractivity contribution in [3.05, 3.63) is 23.8 Å². The molecule has 0 aliphatic heterocycles. The zero-order valence-electron chi connectivity index (χ0n) is 9.33. The monoisotopic (exact) mass is 194 g/mol. The Hall–Kier alpha value is -0.890. The third-order valence-electron chi connectivity index (χ3n) is 2.79. The molecule has 0 aromatic heterocycles. The summed E-state index contributed by atoms with van der Waals surface area (Å²) in [5.74, 6) is 0.149. The summed E-state index contributed by atoms with van der Waals surface area (Å²) >= 11 is 0. The van der Waals surface area contributed by atoms with Gasteiger partial charge in [-0.15, -0.1) is 0 Å². The summed E-state index contributed by atoms with van der Waals surface area (Å²) in [5, 5.41) is 0. The molecular formula is C12H18O2. The van der Waals surface area contributed by atoms with Crippen LogP contribution in [0.2, 0.25) is 0 Å². The van der Waals surface area contributed by atoms with E-state index in [1.165, 1.54) is 0 Å². The number of methoxy groups -OCH3 is 1. The molecular weight excluding hydrogens is 176 g/mol. The molecule has 0 fully saturated rings. The second-order valence-electron chi connectivity index (χ2n) is 4.08. The van der Waals surface area contributed by atoms with E-state index < -0.39 is 5.60 Å². The average molecular weight is 194 g/mol. The van der Waals surface area contributed by atoms with Crippen molar-refractivity contribution < 1.29 is 9.53 Å². The molecule has 0 bridgehead atoms. The van der Waals surface area contributed by atoms with Gasteiger partial charge in [0.25, 0.3) is 0 Å². The number of hydrogen-bond donors (Lipinski definition) is 0. The minimum absolute atomic E-state index is 0.00134. The lowest BCUT2D eigenvalue weighted by atomic mass is 9.85. The van der Waals surface area contributed by atoms with Crippen LogP contribution in [0.15, 0.2) is 23.8 Å². The Bertz CT molecular complexity index is 287. The van der Waals surface area contributed by atoms with E-state index in [0.717, 1.165) is 12.0 Å². The number of ether oxygens (including phenoxy) is 1. The van der Waals surface area contributed by atoms with E-state index in [-0.39, 0.29) is 11.7 Å². The summed E-state index contributed by atoms with van der Waals surface area (Å²) in [6, 6.07) is 0. The number of carbonyl (C=O) groups is 1. The maximum Gasteiger partial charge on any atom is 0.171 e. The van der Waals surface area contributed by atoms with Gasteiger partial charge in [0.2, 0.25) is 0 Å². The van der Waals surface area contributed by atoms with Crippen LogP contribution in [0.1, 0.15) is 27.2 Å². The number of Topliss-reactive ketones (excluding diaryl/α,β-unsaturated/α-hetero) is 1. The van der Waals surface area contributed by atoms with Crippen molar-refractivity contribution in [2.45, 2.75) is 32.8 Å². The van der Waals surface area contributed by atoms with Gasteiger partial charge in [-0.05, 0) is 18.9 Å². The van der Waals surface area contributed by atoms with Crippen molar-refractivity contribution in [3.8, 4) is 0 Å². The summed E-state index contributed by atoms with van der Waals surface area (Å²) in [7, 11) is 1.60. The fourth-order valence-electron chi connectivity index (χ4n) is 1.74. The van der Waals surface area contributed by atoms with Crippen LogP contribution < -0.4 is 0 Å². The SMILES string of the molecule is COC(C)(C(=O)C(C)C)C1=CC=CC1. The molecule has 0 aromatic carbocycles. The number of allylic oxidation sites excluding steroid dienone is 3. The van der Waals surface area contributed by atoms with Crippen LogP contribution in [0.3, 0.4) is 0 Å². The molecule has 0 heterocycles. The number of ketones is 1. The van der Waals surface area contributed by atoms with E-state index in [2.05, 4.69) is 0 Å². The van der Waals surface area contributed by atoms with Crippen LogP contribution in [0, 0.1) is 5.92 Å². The van der Waals surface area contributed by atoms with Gasteiger partial charge in [-0.1, -0.05) is 32.1 Å². The maximum absolute atomic E-state index is 12.0. The quantitative estimate of drug-likeness (QED) is 0.687. The minimum Gasteiger partial charge on any atom is -0.366 e. The third kappa shape index (κ3) is 1.80. The van der Waals surface area contributed by atoms with E-state index >= 15 is 0 Å². The first-order chi connectivity index (χ1) is 6.52. The van der Waals surface area contributed by atoms with Gasteiger partial charge in [0.1, 0.15) is 5.60 Å². The van der Waals surface area contributed by atoms with Crippen molar-refractivity contribution in [1.82, 2.24) is 0 Å². The van der Waals surface area contributed by atoms with Crippen molar-refractivity contribution in [2.24, 2.45) is 5.92 Å². The zero-order chi connectivity index (χ0) is 10.8. The lowest BCUT2D eigenvalue weighted by molar-refractivity contribution is -0.138. The highest BCUT2D eigenvalue weighted by atomic mass is 16.5. The summed E-state index contributed by atoms with van der Waals surface area (Å²) in [4.78, 5) is 12.0. The van der Waals surface area contributed by atoms with Crippen LogP contribution in [-0.4, -0.2) is 18.5 Å². The highest BCUT2D eigenvalue weighted by molar-refractivity contribution is 5.92. The summed E-state index contributed by atoms with van der Waals surface area (Å²) in [5.41, 5.74) is 0.316. The largest absolute Gasteiger partial charge is 0.366 e. The number of carbonyl (C=O) groups excluding carboxylic acids is 1. The van der Waals surface area contributed by atoms with E-state index in [9.17, 15) is 4.79 Å². The summed E-state index contributed by atoms with van der Waals surface area (Å²) in [6.45, 7) is 5.67. The highest BCUT2D eigenvalue weighted by Gasteiger charge is 2.38. The molecule has 2 nitrogen and oxygen atoms in total. The Morgan fingerprint density at radius 3 is 2.57 bits per heavy atom. The van der Waals surface area contributed by atoms with Crippen molar-refractivity contribution >= 4 is 5.78 Å². The average Bonchev–Trinajstić information content (AvgIpc) is 2.68. The van der Waals surface area contributed by atoms with Gasteiger partial charge in [-0.25, -0.2) is 0 Å². The molecule has 14 heavy (non-hydrogen) atoms. The van der Waals surface area contributed by atoms with Crippen molar-refractivity contribution in [3.63, 3.8) is 0 Å². The van der Waals surface area contributed by atoms with Crippen LogP contribution in [0.4, 0.5) is 0 Å². The van der Waals surface area contributed by atoms with Gasteiger partial charge >= 0.3 is 0 Å². The first kappa shape index (κ1) is 11.2. The van der Waals surface area contributed by atoms with Gasteiger partial charge in [0.15, 0.2) is 5.78 Å². The molecule has 2 heteroatoms. The summed E-state index contributed by atoms with van der Waals surface area (Å²) < 4.78 is 5.39. The lowest BCUT2D eigenvalue weighted by Crippen LogP contribution is -2.41. The van der Waals surface area contributed by atoms with Gasteiger partial charge in [-0.2, -0.15) is 0 Å². The van der Waals surface area contributed by atoms with E-state index in [0.29, 0.717) is 0 Å². The highest BCUT2D eigenvalue weighted by Crippen LogP contribution is 2.30. The van der Waals surface area contributed by atoms with Crippen molar-refractivity contribution in [2.75, 3.05) is 7.11 Å². The predicted molar refractivity (Wildman–Crippen MR) is 57.1 cm³/mol. The molecule has 1 aliphatic rings.